The van der Waals surface area contributed by atoms with Gasteiger partial charge in [0.05, 0.1) is 13.2 Å². The van der Waals surface area contributed by atoms with Gasteiger partial charge in [0.25, 0.3) is 0 Å². The summed E-state index contributed by atoms with van der Waals surface area (Å²) in [7, 11) is -1.24. The normalized spacial score (nSPS) is 12.4. The molecule has 0 radical (unpaired) electrons. The Bertz CT molecular complexity index is 169. The van der Waals surface area contributed by atoms with E-state index in [2.05, 4.69) is 22.6 Å². The minimum atomic E-state index is -3.00. The monoisotopic (exact) mass is 321 g/mol. The van der Waals surface area contributed by atoms with Crippen LogP contribution in [0.3, 0.4) is 0 Å². The van der Waals surface area contributed by atoms with E-state index in [1.807, 2.05) is 13.8 Å². The third kappa shape index (κ3) is 4.74. The second kappa shape index (κ2) is 7.17. The van der Waals surface area contributed by atoms with E-state index in [0.29, 0.717) is 19.8 Å². The highest BCUT2D eigenvalue weighted by atomic mass is 127. The largest absolute Gasteiger partial charge is 0.407 e. The molecule has 13 heavy (non-hydrogen) atoms. The zero-order valence-electron chi connectivity index (χ0n) is 8.33. The number of hydrogen-bond donors (Lipinski definition) is 0. The lowest BCUT2D eigenvalue weighted by Gasteiger charge is -2.25. The minimum absolute atomic E-state index is 0.406. The van der Waals surface area contributed by atoms with Gasteiger partial charge in [0.15, 0.2) is 0 Å². The summed E-state index contributed by atoms with van der Waals surface area (Å²) < 4.78 is 24.8. The molecular formula is C7H17INO3P. The van der Waals surface area contributed by atoms with Crippen molar-refractivity contribution in [2.45, 2.75) is 13.8 Å². The zero-order chi connectivity index (χ0) is 10.3. The van der Waals surface area contributed by atoms with Crippen molar-refractivity contribution in [1.29, 1.82) is 0 Å². The third-order valence-electron chi connectivity index (χ3n) is 1.41. The molecule has 0 unspecified atom stereocenters. The Hall–Kier alpha value is 0.840. The van der Waals surface area contributed by atoms with Gasteiger partial charge in [-0.3, -0.25) is 9.05 Å². The van der Waals surface area contributed by atoms with Gasteiger partial charge >= 0.3 is 7.75 Å². The maximum atomic E-state index is 12.0. The molecule has 0 aromatic heterocycles. The number of halogens is 1. The first-order chi connectivity index (χ1) is 6.10. The summed E-state index contributed by atoms with van der Waals surface area (Å²) in [5.74, 6) is 0. The van der Waals surface area contributed by atoms with Crippen LogP contribution in [-0.2, 0) is 13.6 Å². The average molecular weight is 321 g/mol. The van der Waals surface area contributed by atoms with Crippen LogP contribution in [0.2, 0.25) is 0 Å². The van der Waals surface area contributed by atoms with Crippen molar-refractivity contribution in [1.82, 2.24) is 4.67 Å². The van der Waals surface area contributed by atoms with Crippen LogP contribution >= 0.6 is 30.3 Å². The standard InChI is InChI=1S/C7H17INO3P/c1-4-11-13(10,12-5-2)9(3)7-6-8/h4-7H2,1-3H3. The highest BCUT2D eigenvalue weighted by Gasteiger charge is 2.28. The summed E-state index contributed by atoms with van der Waals surface area (Å²) in [5, 5.41) is 0. The highest BCUT2D eigenvalue weighted by Crippen LogP contribution is 2.50. The van der Waals surface area contributed by atoms with Crippen molar-refractivity contribution in [3.05, 3.63) is 0 Å². The van der Waals surface area contributed by atoms with E-state index < -0.39 is 7.75 Å². The molecule has 0 aromatic carbocycles. The van der Waals surface area contributed by atoms with Crippen LogP contribution in [0, 0.1) is 0 Å². The van der Waals surface area contributed by atoms with Crippen LogP contribution in [0.15, 0.2) is 0 Å². The molecule has 0 saturated heterocycles. The van der Waals surface area contributed by atoms with E-state index in [4.69, 9.17) is 9.05 Å². The zero-order valence-corrected chi connectivity index (χ0v) is 11.4. The van der Waals surface area contributed by atoms with Gasteiger partial charge in [0, 0.05) is 11.0 Å². The van der Waals surface area contributed by atoms with E-state index in [9.17, 15) is 4.57 Å². The molecule has 6 heteroatoms. The van der Waals surface area contributed by atoms with Crippen molar-refractivity contribution >= 4 is 30.3 Å². The third-order valence-corrected chi connectivity index (χ3v) is 4.10. The van der Waals surface area contributed by atoms with Crippen LogP contribution < -0.4 is 0 Å². The average Bonchev–Trinajstić information content (AvgIpc) is 2.05. The Morgan fingerprint density at radius 2 is 1.77 bits per heavy atom. The molecule has 0 amide bonds. The molecule has 0 saturated carbocycles. The molecule has 0 aliphatic carbocycles. The van der Waals surface area contributed by atoms with E-state index in [0.717, 1.165) is 4.43 Å². The summed E-state index contributed by atoms with van der Waals surface area (Å²) in [5.41, 5.74) is 0. The number of nitrogens with zero attached hydrogens (tertiary/aromatic N) is 1. The Kier molecular flexibility index (Phi) is 7.64. The molecular weight excluding hydrogens is 304 g/mol. The fourth-order valence-corrected chi connectivity index (χ4v) is 3.38. The van der Waals surface area contributed by atoms with Gasteiger partial charge in [-0.1, -0.05) is 22.6 Å². The van der Waals surface area contributed by atoms with E-state index in [-0.39, 0.29) is 0 Å². The topological polar surface area (TPSA) is 38.8 Å². The SMILES string of the molecule is CCOP(=O)(OCC)N(C)CCI. The molecule has 0 bridgehead atoms. The summed E-state index contributed by atoms with van der Waals surface area (Å²) in [6, 6.07) is 0. The Morgan fingerprint density at radius 1 is 1.31 bits per heavy atom. The van der Waals surface area contributed by atoms with Crippen molar-refractivity contribution in [2.24, 2.45) is 0 Å². The molecule has 0 spiro atoms. The molecule has 0 atom stereocenters. The van der Waals surface area contributed by atoms with E-state index in [1.54, 1.807) is 11.7 Å². The Labute approximate surface area is 93.7 Å². The Balaban J connectivity index is 4.28. The summed E-state index contributed by atoms with van der Waals surface area (Å²) >= 11 is 2.23. The first-order valence-electron chi connectivity index (χ1n) is 4.27. The summed E-state index contributed by atoms with van der Waals surface area (Å²) in [6.45, 7) is 5.14. The highest BCUT2D eigenvalue weighted by molar-refractivity contribution is 14.1. The van der Waals surface area contributed by atoms with Gasteiger partial charge in [-0.2, -0.15) is 0 Å². The van der Waals surface area contributed by atoms with Crippen LogP contribution in [-0.4, -0.2) is 35.9 Å². The van der Waals surface area contributed by atoms with Gasteiger partial charge < -0.3 is 0 Å². The predicted molar refractivity (Wildman–Crippen MR) is 62.4 cm³/mol. The number of rotatable bonds is 7. The molecule has 0 rings (SSSR count). The number of alkyl halides is 1. The first kappa shape index (κ1) is 13.8. The van der Waals surface area contributed by atoms with Crippen molar-refractivity contribution < 1.29 is 13.6 Å². The van der Waals surface area contributed by atoms with Crippen LogP contribution in [0.5, 0.6) is 0 Å². The van der Waals surface area contributed by atoms with Crippen molar-refractivity contribution in [2.75, 3.05) is 31.2 Å². The predicted octanol–water partition coefficient (Wildman–Crippen LogP) is 2.53. The lowest BCUT2D eigenvalue weighted by molar-refractivity contribution is 0.179. The van der Waals surface area contributed by atoms with Crippen LogP contribution in [0.4, 0.5) is 0 Å². The second-order valence-electron chi connectivity index (χ2n) is 2.37. The Morgan fingerprint density at radius 3 is 2.08 bits per heavy atom. The van der Waals surface area contributed by atoms with Crippen LogP contribution in [0.1, 0.15) is 13.8 Å². The van der Waals surface area contributed by atoms with Crippen LogP contribution in [0.25, 0.3) is 0 Å². The second-order valence-corrected chi connectivity index (χ2v) is 5.59. The van der Waals surface area contributed by atoms with Gasteiger partial charge in [-0.25, -0.2) is 9.24 Å². The maximum Gasteiger partial charge on any atom is 0.407 e. The summed E-state index contributed by atoms with van der Waals surface area (Å²) in [6.07, 6.45) is 0. The number of hydrogen-bond acceptors (Lipinski definition) is 3. The van der Waals surface area contributed by atoms with Gasteiger partial charge in [-0.05, 0) is 20.9 Å². The molecule has 0 fully saturated rings. The van der Waals surface area contributed by atoms with Gasteiger partial charge in [-0.15, -0.1) is 0 Å². The maximum absolute atomic E-state index is 12.0. The minimum Gasteiger partial charge on any atom is -0.297 e. The molecule has 4 nitrogen and oxygen atoms in total. The van der Waals surface area contributed by atoms with Crippen molar-refractivity contribution in [3.8, 4) is 0 Å². The molecule has 0 heterocycles. The molecule has 80 valence electrons. The van der Waals surface area contributed by atoms with Crippen molar-refractivity contribution in [3.63, 3.8) is 0 Å². The quantitative estimate of drug-likeness (QED) is 0.410. The first-order valence-corrected chi connectivity index (χ1v) is 7.29. The summed E-state index contributed by atoms with van der Waals surface area (Å²) in [4.78, 5) is 0. The van der Waals surface area contributed by atoms with E-state index in [1.165, 1.54) is 0 Å². The fourth-order valence-electron chi connectivity index (χ4n) is 0.805. The fraction of sp³-hybridized carbons (Fsp3) is 1.00. The molecule has 0 aromatic rings. The lowest BCUT2D eigenvalue weighted by atomic mass is 10.8. The smallest absolute Gasteiger partial charge is 0.297 e. The molecule has 0 aliphatic rings. The molecule has 0 N–H and O–H groups in total. The van der Waals surface area contributed by atoms with Gasteiger partial charge in [0.2, 0.25) is 0 Å². The lowest BCUT2D eigenvalue weighted by Crippen LogP contribution is -2.20. The van der Waals surface area contributed by atoms with E-state index >= 15 is 0 Å². The molecule has 0 aliphatic heterocycles. The van der Waals surface area contributed by atoms with Gasteiger partial charge in [0.1, 0.15) is 0 Å².